The number of carbonyl (C=O) groups excluding carboxylic acids is 1. The second-order valence-corrected chi connectivity index (χ2v) is 6.44. The van der Waals surface area contributed by atoms with Crippen molar-refractivity contribution in [3.63, 3.8) is 0 Å². The second kappa shape index (κ2) is 7.53. The molecule has 0 bridgehead atoms. The lowest BCUT2D eigenvalue weighted by atomic mass is 9.93. The van der Waals surface area contributed by atoms with Crippen LogP contribution in [0.3, 0.4) is 0 Å². The molecule has 1 aromatic carbocycles. The van der Waals surface area contributed by atoms with Crippen LogP contribution in [0.15, 0.2) is 18.2 Å². The molecule has 7 heteroatoms. The molecule has 0 radical (unpaired) electrons. The van der Waals surface area contributed by atoms with Crippen molar-refractivity contribution in [2.75, 3.05) is 20.1 Å². The molecule has 2 rings (SSSR count). The molecular weight excluding hydrogens is 329 g/mol. The van der Waals surface area contributed by atoms with Crippen LogP contribution in [0.5, 0.6) is 0 Å². The average Bonchev–Trinajstić information content (AvgIpc) is 2.47. The van der Waals surface area contributed by atoms with Crippen LogP contribution in [0.25, 0.3) is 0 Å². The lowest BCUT2D eigenvalue weighted by Gasteiger charge is -2.28. The molecule has 1 aliphatic heterocycles. The first-order valence-corrected chi connectivity index (χ1v) is 7.94. The SMILES string of the molecule is CN1CCC(CC(=O)NCc2cc(C(F)(F)F)ccc2Cl)CC1. The van der Waals surface area contributed by atoms with E-state index in [1.54, 1.807) is 0 Å². The van der Waals surface area contributed by atoms with Crippen LogP contribution in [-0.4, -0.2) is 30.9 Å². The first-order chi connectivity index (χ1) is 10.8. The van der Waals surface area contributed by atoms with Crippen molar-refractivity contribution in [2.24, 2.45) is 5.92 Å². The van der Waals surface area contributed by atoms with Crippen molar-refractivity contribution in [3.8, 4) is 0 Å². The van der Waals surface area contributed by atoms with E-state index in [0.29, 0.717) is 12.3 Å². The van der Waals surface area contributed by atoms with E-state index in [4.69, 9.17) is 11.6 Å². The Hall–Kier alpha value is -1.27. The van der Waals surface area contributed by atoms with E-state index in [1.165, 1.54) is 6.07 Å². The van der Waals surface area contributed by atoms with Crippen molar-refractivity contribution in [2.45, 2.75) is 32.0 Å². The maximum atomic E-state index is 12.7. The number of piperidine rings is 1. The highest BCUT2D eigenvalue weighted by atomic mass is 35.5. The van der Waals surface area contributed by atoms with E-state index in [0.717, 1.165) is 38.1 Å². The fourth-order valence-corrected chi connectivity index (χ4v) is 2.87. The molecule has 1 heterocycles. The summed E-state index contributed by atoms with van der Waals surface area (Å²) in [6, 6.07) is 3.13. The summed E-state index contributed by atoms with van der Waals surface area (Å²) in [7, 11) is 2.05. The largest absolute Gasteiger partial charge is 0.416 e. The number of likely N-dealkylation sites (tertiary alicyclic amines) is 1. The van der Waals surface area contributed by atoms with E-state index >= 15 is 0 Å². The van der Waals surface area contributed by atoms with Gasteiger partial charge in [-0.1, -0.05) is 11.6 Å². The van der Waals surface area contributed by atoms with E-state index in [1.807, 2.05) is 7.05 Å². The van der Waals surface area contributed by atoms with Gasteiger partial charge in [0.05, 0.1) is 5.56 Å². The van der Waals surface area contributed by atoms with Gasteiger partial charge in [0, 0.05) is 18.0 Å². The molecule has 3 nitrogen and oxygen atoms in total. The minimum absolute atomic E-state index is 0.00814. The standard InChI is InChI=1S/C16H20ClF3N2O/c1-22-6-4-11(5-7-22)8-15(23)21-10-12-9-13(16(18,19)20)2-3-14(12)17/h2-3,9,11H,4-8,10H2,1H3,(H,21,23). The molecule has 1 N–H and O–H groups in total. The fraction of sp³-hybridized carbons (Fsp3) is 0.562. The molecule has 0 aliphatic carbocycles. The molecule has 1 aromatic rings. The summed E-state index contributed by atoms with van der Waals surface area (Å²) in [5.41, 5.74) is -0.486. The molecule has 0 atom stereocenters. The normalized spacial score (nSPS) is 17.3. The van der Waals surface area contributed by atoms with Gasteiger partial charge in [-0.3, -0.25) is 4.79 Å². The van der Waals surface area contributed by atoms with Gasteiger partial charge in [0.25, 0.3) is 0 Å². The highest BCUT2D eigenvalue weighted by molar-refractivity contribution is 6.31. The number of alkyl halides is 3. The smallest absolute Gasteiger partial charge is 0.352 e. The number of benzene rings is 1. The highest BCUT2D eigenvalue weighted by Gasteiger charge is 2.31. The summed E-state index contributed by atoms with van der Waals surface area (Å²) in [6.07, 6.45) is -2.08. The summed E-state index contributed by atoms with van der Waals surface area (Å²) in [5, 5.41) is 2.89. The molecule has 0 aromatic heterocycles. The third-order valence-corrected chi connectivity index (χ3v) is 4.53. The number of amides is 1. The number of hydrogen-bond acceptors (Lipinski definition) is 2. The maximum Gasteiger partial charge on any atom is 0.416 e. The van der Waals surface area contributed by atoms with E-state index in [9.17, 15) is 18.0 Å². The predicted octanol–water partition coefficient (Wildman–Crippen LogP) is 3.71. The number of nitrogens with one attached hydrogen (secondary N) is 1. The second-order valence-electron chi connectivity index (χ2n) is 6.03. The third-order valence-electron chi connectivity index (χ3n) is 4.16. The molecule has 0 spiro atoms. The molecule has 1 saturated heterocycles. The number of carbonyl (C=O) groups is 1. The van der Waals surface area contributed by atoms with Crippen LogP contribution in [-0.2, 0) is 17.5 Å². The maximum absolute atomic E-state index is 12.7. The highest BCUT2D eigenvalue weighted by Crippen LogP contribution is 2.31. The number of rotatable bonds is 4. The monoisotopic (exact) mass is 348 g/mol. The Morgan fingerprint density at radius 2 is 2.00 bits per heavy atom. The molecule has 0 unspecified atom stereocenters. The Bertz CT molecular complexity index is 555. The van der Waals surface area contributed by atoms with E-state index in [2.05, 4.69) is 10.2 Å². The van der Waals surface area contributed by atoms with Crippen LogP contribution >= 0.6 is 11.6 Å². The first-order valence-electron chi connectivity index (χ1n) is 7.56. The number of nitrogens with zero attached hydrogens (tertiary/aromatic N) is 1. The van der Waals surface area contributed by atoms with E-state index < -0.39 is 11.7 Å². The summed E-state index contributed by atoms with van der Waals surface area (Å²) < 4.78 is 38.1. The van der Waals surface area contributed by atoms with Gasteiger partial charge in [-0.2, -0.15) is 13.2 Å². The lowest BCUT2D eigenvalue weighted by molar-refractivity contribution is -0.137. The average molecular weight is 349 g/mol. The van der Waals surface area contributed by atoms with Crippen LogP contribution < -0.4 is 5.32 Å². The van der Waals surface area contributed by atoms with Gasteiger partial charge in [-0.05, 0) is 62.7 Å². The van der Waals surface area contributed by atoms with Crippen molar-refractivity contribution in [1.29, 1.82) is 0 Å². The lowest BCUT2D eigenvalue weighted by Crippen LogP contribution is -2.33. The van der Waals surface area contributed by atoms with Gasteiger partial charge in [0.2, 0.25) is 5.91 Å². The van der Waals surface area contributed by atoms with E-state index in [-0.39, 0.29) is 23.0 Å². The number of halogens is 4. The summed E-state index contributed by atoms with van der Waals surface area (Å²) in [5.74, 6) is 0.191. The summed E-state index contributed by atoms with van der Waals surface area (Å²) in [6.45, 7) is 1.95. The Morgan fingerprint density at radius 1 is 1.35 bits per heavy atom. The third kappa shape index (κ3) is 5.39. The fourth-order valence-electron chi connectivity index (χ4n) is 2.68. The Morgan fingerprint density at radius 3 is 2.61 bits per heavy atom. The van der Waals surface area contributed by atoms with Crippen LogP contribution in [0.1, 0.15) is 30.4 Å². The number of hydrogen-bond donors (Lipinski definition) is 1. The Balaban J connectivity index is 1.89. The van der Waals surface area contributed by atoms with Gasteiger partial charge < -0.3 is 10.2 Å². The molecule has 23 heavy (non-hydrogen) atoms. The van der Waals surface area contributed by atoms with Gasteiger partial charge in [0.1, 0.15) is 0 Å². The van der Waals surface area contributed by atoms with Gasteiger partial charge in [-0.15, -0.1) is 0 Å². The summed E-state index contributed by atoms with van der Waals surface area (Å²) >= 11 is 5.91. The van der Waals surface area contributed by atoms with Crippen LogP contribution in [0.2, 0.25) is 5.02 Å². The predicted molar refractivity (Wildman–Crippen MR) is 83.1 cm³/mol. The molecule has 1 amide bonds. The Labute approximate surface area is 138 Å². The zero-order valence-corrected chi connectivity index (χ0v) is 13.7. The Kier molecular flexibility index (Phi) is 5.92. The zero-order chi connectivity index (χ0) is 17.0. The quantitative estimate of drug-likeness (QED) is 0.899. The van der Waals surface area contributed by atoms with Gasteiger partial charge in [0.15, 0.2) is 0 Å². The zero-order valence-electron chi connectivity index (χ0n) is 12.9. The van der Waals surface area contributed by atoms with Crippen molar-refractivity contribution in [3.05, 3.63) is 34.3 Å². The van der Waals surface area contributed by atoms with Crippen molar-refractivity contribution in [1.82, 2.24) is 10.2 Å². The topological polar surface area (TPSA) is 32.3 Å². The van der Waals surface area contributed by atoms with Crippen molar-refractivity contribution >= 4 is 17.5 Å². The molecule has 128 valence electrons. The van der Waals surface area contributed by atoms with Crippen LogP contribution in [0.4, 0.5) is 13.2 Å². The van der Waals surface area contributed by atoms with Gasteiger partial charge >= 0.3 is 6.18 Å². The van der Waals surface area contributed by atoms with Crippen LogP contribution in [0, 0.1) is 5.92 Å². The molecular formula is C16H20ClF3N2O. The minimum Gasteiger partial charge on any atom is -0.352 e. The summed E-state index contributed by atoms with van der Waals surface area (Å²) in [4.78, 5) is 14.2. The van der Waals surface area contributed by atoms with Crippen molar-refractivity contribution < 1.29 is 18.0 Å². The molecule has 0 saturated carbocycles. The van der Waals surface area contributed by atoms with Gasteiger partial charge in [-0.25, -0.2) is 0 Å². The molecule has 1 aliphatic rings. The first kappa shape index (κ1) is 18.1. The minimum atomic E-state index is -4.42. The molecule has 1 fully saturated rings.